The lowest BCUT2D eigenvalue weighted by molar-refractivity contribution is -0.140. The average molecular weight is 429 g/mol. The van der Waals surface area contributed by atoms with Crippen molar-refractivity contribution in [3.05, 3.63) is 52.2 Å². The summed E-state index contributed by atoms with van der Waals surface area (Å²) in [6.07, 6.45) is 1.41. The lowest BCUT2D eigenvalue weighted by atomic mass is 10.1. The molecule has 1 saturated carbocycles. The van der Waals surface area contributed by atoms with Crippen molar-refractivity contribution in [3.8, 4) is 0 Å². The molecule has 1 aromatic carbocycles. The van der Waals surface area contributed by atoms with E-state index < -0.39 is 0 Å². The molecular formula is C23H28N2O2S2. The first kappa shape index (κ1) is 20.5. The maximum absolute atomic E-state index is 12.8. The summed E-state index contributed by atoms with van der Waals surface area (Å²) in [5.74, 6) is 0.995. The van der Waals surface area contributed by atoms with Gasteiger partial charge in [-0.3, -0.25) is 9.59 Å². The molecule has 0 bridgehead atoms. The molecule has 1 saturated heterocycles. The number of thiophene rings is 1. The van der Waals surface area contributed by atoms with Gasteiger partial charge >= 0.3 is 0 Å². The summed E-state index contributed by atoms with van der Waals surface area (Å²) < 4.78 is 0. The normalized spacial score (nSPS) is 21.5. The second kappa shape index (κ2) is 8.92. The Labute approximate surface area is 181 Å². The highest BCUT2D eigenvalue weighted by Crippen LogP contribution is 2.50. The van der Waals surface area contributed by atoms with Gasteiger partial charge in [0.25, 0.3) is 0 Å². The lowest BCUT2D eigenvalue weighted by Gasteiger charge is -2.35. The molecule has 0 unspecified atom stereocenters. The minimum absolute atomic E-state index is 0.151. The van der Waals surface area contributed by atoms with Crippen molar-refractivity contribution in [2.24, 2.45) is 5.92 Å². The first-order valence-corrected chi connectivity index (χ1v) is 12.1. The standard InChI is InChI=1S/C23H28N2O2S2/c1-16(2)29-18-7-5-17(6-8-18)14-22(26)24-9-11-25(12-10-24)23(27)20-15-19(20)21-4-3-13-28-21/h3-8,13,16,19-20H,9-12,14-15H2,1-2H3/t19-,20-/m1/s1. The fraction of sp³-hybridized carbons (Fsp3) is 0.478. The molecule has 0 N–H and O–H groups in total. The molecular weight excluding hydrogens is 400 g/mol. The van der Waals surface area contributed by atoms with Crippen LogP contribution in [0.25, 0.3) is 0 Å². The van der Waals surface area contributed by atoms with Gasteiger partial charge in [-0.25, -0.2) is 0 Å². The second-order valence-corrected chi connectivity index (χ2v) is 10.8. The zero-order chi connectivity index (χ0) is 20.4. The predicted octanol–water partition coefficient (Wildman–Crippen LogP) is 4.27. The van der Waals surface area contributed by atoms with Crippen LogP contribution >= 0.6 is 23.1 Å². The smallest absolute Gasteiger partial charge is 0.227 e. The number of hydrogen-bond acceptors (Lipinski definition) is 4. The van der Waals surface area contributed by atoms with Gasteiger partial charge in [0.05, 0.1) is 6.42 Å². The molecule has 1 aromatic heterocycles. The summed E-state index contributed by atoms with van der Waals surface area (Å²) in [5.41, 5.74) is 1.05. The Morgan fingerprint density at radius 3 is 2.38 bits per heavy atom. The van der Waals surface area contributed by atoms with Crippen LogP contribution in [0, 0.1) is 5.92 Å². The maximum Gasteiger partial charge on any atom is 0.227 e. The summed E-state index contributed by atoms with van der Waals surface area (Å²) >= 11 is 3.58. The van der Waals surface area contributed by atoms with E-state index >= 15 is 0 Å². The summed E-state index contributed by atoms with van der Waals surface area (Å²) in [4.78, 5) is 31.9. The van der Waals surface area contributed by atoms with Gasteiger partial charge in [-0.1, -0.05) is 32.0 Å². The summed E-state index contributed by atoms with van der Waals surface area (Å²) in [6, 6.07) is 12.5. The highest BCUT2D eigenvalue weighted by molar-refractivity contribution is 7.99. The molecule has 2 fully saturated rings. The number of thioether (sulfide) groups is 1. The summed E-state index contributed by atoms with van der Waals surface area (Å²) in [7, 11) is 0. The Morgan fingerprint density at radius 2 is 1.76 bits per heavy atom. The fourth-order valence-corrected chi connectivity index (χ4v) is 5.68. The Hall–Kier alpha value is -1.79. The minimum atomic E-state index is 0.151. The molecule has 1 aliphatic heterocycles. The largest absolute Gasteiger partial charge is 0.339 e. The third-order valence-corrected chi connectivity index (χ3v) is 7.63. The van der Waals surface area contributed by atoms with Crippen molar-refractivity contribution < 1.29 is 9.59 Å². The number of rotatable bonds is 6. The average Bonchev–Trinajstić information content (AvgIpc) is 3.33. The van der Waals surface area contributed by atoms with Gasteiger partial charge in [0.2, 0.25) is 11.8 Å². The lowest BCUT2D eigenvalue weighted by Crippen LogP contribution is -2.51. The van der Waals surface area contributed by atoms with Gasteiger partial charge in [0.15, 0.2) is 0 Å². The molecule has 2 heterocycles. The van der Waals surface area contributed by atoms with Crippen LogP contribution in [0.1, 0.15) is 36.6 Å². The van der Waals surface area contributed by atoms with Crippen molar-refractivity contribution in [2.75, 3.05) is 26.2 Å². The van der Waals surface area contributed by atoms with Gasteiger partial charge in [-0.15, -0.1) is 23.1 Å². The number of nitrogens with zero attached hydrogens (tertiary/aromatic N) is 2. The van der Waals surface area contributed by atoms with Crippen LogP contribution in [0.5, 0.6) is 0 Å². The Morgan fingerprint density at radius 1 is 1.07 bits per heavy atom. The van der Waals surface area contributed by atoms with Gasteiger partial charge in [-0.2, -0.15) is 0 Å². The zero-order valence-corrected chi connectivity index (χ0v) is 18.7. The van der Waals surface area contributed by atoms with Crippen LogP contribution in [0.2, 0.25) is 0 Å². The van der Waals surface area contributed by atoms with Crippen molar-refractivity contribution in [2.45, 2.75) is 42.8 Å². The Balaban J connectivity index is 1.24. The highest BCUT2D eigenvalue weighted by Gasteiger charge is 2.46. The van der Waals surface area contributed by atoms with Gasteiger partial charge in [-0.05, 0) is 35.6 Å². The molecule has 29 heavy (non-hydrogen) atoms. The number of hydrogen-bond donors (Lipinski definition) is 0. The molecule has 1 aliphatic carbocycles. The molecule has 2 aromatic rings. The van der Waals surface area contributed by atoms with E-state index in [9.17, 15) is 9.59 Å². The molecule has 2 aliphatic rings. The third-order valence-electron chi connectivity index (χ3n) is 5.61. The molecule has 4 rings (SSSR count). The Kier molecular flexibility index (Phi) is 6.30. The van der Waals surface area contributed by atoms with Crippen LogP contribution < -0.4 is 0 Å². The van der Waals surface area contributed by atoms with Crippen molar-refractivity contribution in [1.29, 1.82) is 0 Å². The molecule has 0 spiro atoms. The van der Waals surface area contributed by atoms with E-state index in [4.69, 9.17) is 0 Å². The second-order valence-electron chi connectivity index (χ2n) is 8.16. The molecule has 0 radical (unpaired) electrons. The number of carbonyl (C=O) groups is 2. The van der Waals surface area contributed by atoms with Gasteiger partial charge in [0, 0.05) is 53.0 Å². The van der Waals surface area contributed by atoms with E-state index in [1.807, 2.05) is 21.6 Å². The van der Waals surface area contributed by atoms with Crippen molar-refractivity contribution in [3.63, 3.8) is 0 Å². The van der Waals surface area contributed by atoms with Crippen LogP contribution in [0.3, 0.4) is 0 Å². The fourth-order valence-electron chi connectivity index (χ4n) is 3.94. The first-order chi connectivity index (χ1) is 14.0. The highest BCUT2D eigenvalue weighted by atomic mass is 32.2. The Bertz CT molecular complexity index is 840. The van der Waals surface area contributed by atoms with Gasteiger partial charge in [0.1, 0.15) is 0 Å². The predicted molar refractivity (Wildman–Crippen MR) is 119 cm³/mol. The number of piperazine rings is 1. The van der Waals surface area contributed by atoms with Crippen LogP contribution in [0.4, 0.5) is 0 Å². The maximum atomic E-state index is 12.8. The van der Waals surface area contributed by atoms with E-state index in [1.54, 1.807) is 11.3 Å². The number of benzene rings is 1. The van der Waals surface area contributed by atoms with Crippen LogP contribution in [-0.4, -0.2) is 53.0 Å². The van der Waals surface area contributed by atoms with E-state index in [-0.39, 0.29) is 17.7 Å². The summed E-state index contributed by atoms with van der Waals surface area (Å²) in [6.45, 7) is 6.95. The minimum Gasteiger partial charge on any atom is -0.339 e. The van der Waals surface area contributed by atoms with Crippen molar-refractivity contribution >= 4 is 34.9 Å². The number of carbonyl (C=O) groups excluding carboxylic acids is 2. The summed E-state index contributed by atoms with van der Waals surface area (Å²) in [5, 5.41) is 2.63. The van der Waals surface area contributed by atoms with Crippen LogP contribution in [-0.2, 0) is 16.0 Å². The topological polar surface area (TPSA) is 40.6 Å². The van der Waals surface area contributed by atoms with E-state index in [2.05, 4.69) is 55.6 Å². The van der Waals surface area contributed by atoms with E-state index in [0.29, 0.717) is 43.8 Å². The van der Waals surface area contributed by atoms with E-state index in [0.717, 1.165) is 12.0 Å². The van der Waals surface area contributed by atoms with Crippen molar-refractivity contribution in [1.82, 2.24) is 9.80 Å². The molecule has 154 valence electrons. The van der Waals surface area contributed by atoms with Gasteiger partial charge < -0.3 is 9.80 Å². The quantitative estimate of drug-likeness (QED) is 0.646. The SMILES string of the molecule is CC(C)Sc1ccc(CC(=O)N2CCN(C(=O)[C@@H]3C[C@H]3c3cccs3)CC2)cc1. The first-order valence-electron chi connectivity index (χ1n) is 10.4. The molecule has 2 atom stereocenters. The molecule has 2 amide bonds. The monoisotopic (exact) mass is 428 g/mol. The van der Waals surface area contributed by atoms with E-state index in [1.165, 1.54) is 9.77 Å². The molecule has 4 nitrogen and oxygen atoms in total. The third kappa shape index (κ3) is 5.04. The zero-order valence-electron chi connectivity index (χ0n) is 17.0. The number of amides is 2. The molecule has 6 heteroatoms. The van der Waals surface area contributed by atoms with Crippen LogP contribution in [0.15, 0.2) is 46.7 Å².